The van der Waals surface area contributed by atoms with Gasteiger partial charge in [0.25, 0.3) is 0 Å². The van der Waals surface area contributed by atoms with Crippen molar-refractivity contribution in [2.24, 2.45) is 5.92 Å². The van der Waals surface area contributed by atoms with Crippen LogP contribution in [0.25, 0.3) is 0 Å². The summed E-state index contributed by atoms with van der Waals surface area (Å²) in [6, 6.07) is 10.8. The lowest BCUT2D eigenvalue weighted by Gasteiger charge is -2.28. The van der Waals surface area contributed by atoms with Gasteiger partial charge in [-0.25, -0.2) is 0 Å². The third-order valence-corrected chi connectivity index (χ3v) is 4.28. The third-order valence-electron chi connectivity index (χ3n) is 4.28. The minimum atomic E-state index is 0.232. The summed E-state index contributed by atoms with van der Waals surface area (Å²) in [5, 5.41) is 3.69. The summed E-state index contributed by atoms with van der Waals surface area (Å²) in [7, 11) is 0. The molecule has 1 aromatic carbocycles. The topological polar surface area (TPSA) is 12.0 Å². The van der Waals surface area contributed by atoms with Crippen molar-refractivity contribution in [3.8, 4) is 0 Å². The third kappa shape index (κ3) is 3.84. The molecule has 1 nitrogen and oxygen atoms in total. The molecule has 18 heavy (non-hydrogen) atoms. The zero-order valence-corrected chi connectivity index (χ0v) is 11.9. The molecule has 100 valence electrons. The standard InChI is InChI=1S/C17H27N/c1-17(2,16-11-7-4-8-12-16)14-18-13-15-9-5-3-6-10-15/h4,7-8,11-12,15,18H,3,5-6,9-10,13-14H2,1-2H3. The van der Waals surface area contributed by atoms with E-state index in [9.17, 15) is 0 Å². The minimum absolute atomic E-state index is 0.232. The molecule has 1 saturated carbocycles. The number of hydrogen-bond donors (Lipinski definition) is 1. The van der Waals surface area contributed by atoms with Crippen molar-refractivity contribution in [2.45, 2.75) is 51.4 Å². The maximum Gasteiger partial charge on any atom is 0.00432 e. The molecule has 1 fully saturated rings. The molecule has 0 heterocycles. The zero-order valence-electron chi connectivity index (χ0n) is 11.9. The van der Waals surface area contributed by atoms with E-state index in [1.165, 1.54) is 44.2 Å². The van der Waals surface area contributed by atoms with Gasteiger partial charge in [-0.05, 0) is 30.9 Å². The highest BCUT2D eigenvalue weighted by molar-refractivity contribution is 5.23. The van der Waals surface area contributed by atoms with E-state index in [0.29, 0.717) is 0 Å². The van der Waals surface area contributed by atoms with Gasteiger partial charge in [0.05, 0.1) is 0 Å². The van der Waals surface area contributed by atoms with Crippen LogP contribution in [0.3, 0.4) is 0 Å². The van der Waals surface area contributed by atoms with Crippen molar-refractivity contribution >= 4 is 0 Å². The summed E-state index contributed by atoms with van der Waals surface area (Å²) in [5.41, 5.74) is 1.66. The van der Waals surface area contributed by atoms with Gasteiger partial charge < -0.3 is 5.32 Å². The second-order valence-corrected chi connectivity index (χ2v) is 6.38. The smallest absolute Gasteiger partial charge is 0.00432 e. The lowest BCUT2D eigenvalue weighted by atomic mass is 9.84. The highest BCUT2D eigenvalue weighted by Crippen LogP contribution is 2.24. The molecule has 2 rings (SSSR count). The predicted octanol–water partition coefficient (Wildman–Crippen LogP) is 4.13. The van der Waals surface area contributed by atoms with Gasteiger partial charge in [0.15, 0.2) is 0 Å². The van der Waals surface area contributed by atoms with Gasteiger partial charge in [0.2, 0.25) is 0 Å². The number of benzene rings is 1. The molecule has 0 amide bonds. The fraction of sp³-hybridized carbons (Fsp3) is 0.647. The first kappa shape index (κ1) is 13.6. The molecule has 0 spiro atoms. The fourth-order valence-corrected chi connectivity index (χ4v) is 2.97. The monoisotopic (exact) mass is 245 g/mol. The van der Waals surface area contributed by atoms with E-state index >= 15 is 0 Å². The van der Waals surface area contributed by atoms with Crippen LogP contribution in [0.1, 0.15) is 51.5 Å². The molecule has 0 atom stereocenters. The molecule has 0 aromatic heterocycles. The Balaban J connectivity index is 1.78. The Morgan fingerprint density at radius 1 is 1.06 bits per heavy atom. The molecular weight excluding hydrogens is 218 g/mol. The van der Waals surface area contributed by atoms with Gasteiger partial charge >= 0.3 is 0 Å². The number of rotatable bonds is 5. The Kier molecular flexibility index (Phi) is 4.82. The molecule has 0 radical (unpaired) electrons. The summed E-state index contributed by atoms with van der Waals surface area (Å²) in [6.07, 6.45) is 7.19. The maximum absolute atomic E-state index is 3.69. The Morgan fingerprint density at radius 3 is 2.39 bits per heavy atom. The molecule has 0 bridgehead atoms. The molecule has 1 aliphatic carbocycles. The first-order valence-corrected chi connectivity index (χ1v) is 7.45. The van der Waals surface area contributed by atoms with Gasteiger partial charge in [-0.15, -0.1) is 0 Å². The summed E-state index contributed by atoms with van der Waals surface area (Å²) in [4.78, 5) is 0. The average Bonchev–Trinajstić information content (AvgIpc) is 2.41. The number of hydrogen-bond acceptors (Lipinski definition) is 1. The van der Waals surface area contributed by atoms with Gasteiger partial charge in [-0.1, -0.05) is 63.4 Å². The van der Waals surface area contributed by atoms with E-state index in [2.05, 4.69) is 49.5 Å². The normalized spacial score (nSPS) is 17.9. The van der Waals surface area contributed by atoms with Crippen molar-refractivity contribution in [1.82, 2.24) is 5.32 Å². The van der Waals surface area contributed by atoms with Crippen LogP contribution >= 0.6 is 0 Å². The molecule has 1 heteroatoms. The zero-order chi connectivity index (χ0) is 12.8. The van der Waals surface area contributed by atoms with E-state index in [4.69, 9.17) is 0 Å². The van der Waals surface area contributed by atoms with Gasteiger partial charge in [0.1, 0.15) is 0 Å². The highest BCUT2D eigenvalue weighted by atomic mass is 14.9. The summed E-state index contributed by atoms with van der Waals surface area (Å²) < 4.78 is 0. The SMILES string of the molecule is CC(C)(CNCC1CCCCC1)c1ccccc1. The Bertz CT molecular complexity index is 336. The largest absolute Gasteiger partial charge is 0.316 e. The summed E-state index contributed by atoms with van der Waals surface area (Å²) >= 11 is 0. The van der Waals surface area contributed by atoms with Crippen LogP contribution < -0.4 is 5.32 Å². The predicted molar refractivity (Wildman–Crippen MR) is 78.9 cm³/mol. The van der Waals surface area contributed by atoms with E-state index in [1.54, 1.807) is 0 Å². The van der Waals surface area contributed by atoms with Crippen LogP contribution in [-0.2, 0) is 5.41 Å². The number of nitrogens with one attached hydrogen (secondary N) is 1. The van der Waals surface area contributed by atoms with E-state index in [-0.39, 0.29) is 5.41 Å². The molecule has 1 aliphatic rings. The average molecular weight is 245 g/mol. The second kappa shape index (κ2) is 6.38. The van der Waals surface area contributed by atoms with E-state index < -0.39 is 0 Å². The quantitative estimate of drug-likeness (QED) is 0.822. The molecule has 0 aliphatic heterocycles. The Morgan fingerprint density at radius 2 is 1.72 bits per heavy atom. The van der Waals surface area contributed by atoms with Crippen LogP contribution in [0, 0.1) is 5.92 Å². The van der Waals surface area contributed by atoms with Crippen LogP contribution in [0.5, 0.6) is 0 Å². The van der Waals surface area contributed by atoms with Crippen molar-refractivity contribution in [3.63, 3.8) is 0 Å². The van der Waals surface area contributed by atoms with E-state index in [1.807, 2.05) is 0 Å². The first-order chi connectivity index (χ1) is 8.68. The molecule has 0 unspecified atom stereocenters. The molecule has 1 N–H and O–H groups in total. The van der Waals surface area contributed by atoms with Crippen molar-refractivity contribution in [1.29, 1.82) is 0 Å². The Labute approximate surface area is 112 Å². The van der Waals surface area contributed by atoms with Gasteiger partial charge in [0, 0.05) is 12.0 Å². The second-order valence-electron chi connectivity index (χ2n) is 6.38. The van der Waals surface area contributed by atoms with Crippen molar-refractivity contribution in [2.75, 3.05) is 13.1 Å². The summed E-state index contributed by atoms with van der Waals surface area (Å²) in [5.74, 6) is 0.922. The first-order valence-electron chi connectivity index (χ1n) is 7.45. The van der Waals surface area contributed by atoms with Crippen LogP contribution in [0.2, 0.25) is 0 Å². The fourth-order valence-electron chi connectivity index (χ4n) is 2.97. The van der Waals surface area contributed by atoms with Crippen LogP contribution in [0.4, 0.5) is 0 Å². The van der Waals surface area contributed by atoms with Gasteiger partial charge in [-0.2, -0.15) is 0 Å². The molecule has 1 aromatic rings. The van der Waals surface area contributed by atoms with Gasteiger partial charge in [-0.3, -0.25) is 0 Å². The maximum atomic E-state index is 3.69. The van der Waals surface area contributed by atoms with Crippen molar-refractivity contribution in [3.05, 3.63) is 35.9 Å². The van der Waals surface area contributed by atoms with Crippen LogP contribution in [-0.4, -0.2) is 13.1 Å². The molecular formula is C17H27N. The lowest BCUT2D eigenvalue weighted by molar-refractivity contribution is 0.330. The Hall–Kier alpha value is -0.820. The van der Waals surface area contributed by atoms with Crippen molar-refractivity contribution < 1.29 is 0 Å². The van der Waals surface area contributed by atoms with Crippen LogP contribution in [0.15, 0.2) is 30.3 Å². The highest BCUT2D eigenvalue weighted by Gasteiger charge is 2.20. The van der Waals surface area contributed by atoms with E-state index in [0.717, 1.165) is 12.5 Å². The summed E-state index contributed by atoms with van der Waals surface area (Å²) in [6.45, 7) is 6.94. The lowest BCUT2D eigenvalue weighted by Crippen LogP contribution is -2.36. The molecule has 0 saturated heterocycles. The minimum Gasteiger partial charge on any atom is -0.316 e.